The molecule has 0 atom stereocenters. The maximum Gasteiger partial charge on any atom is 0.518 e. The molecule has 0 aliphatic rings. The third kappa shape index (κ3) is 2.80. The van der Waals surface area contributed by atoms with Crippen LogP contribution in [0.2, 0.25) is 5.02 Å². The Morgan fingerprint density at radius 2 is 2.15 bits per heavy atom. The molecule has 0 heterocycles. The molecular formula is C9H7ClO3. The first-order valence-corrected chi connectivity index (χ1v) is 3.85. The third-order valence-electron chi connectivity index (χ3n) is 1.21. The Labute approximate surface area is 80.5 Å². The Kier molecular flexibility index (Phi) is 3.34. The average molecular weight is 199 g/mol. The summed E-state index contributed by atoms with van der Waals surface area (Å²) in [5, 5.41) is 0.350. The number of carbonyl (C=O) groups excluding carboxylic acids is 1. The van der Waals surface area contributed by atoms with Gasteiger partial charge in [0.15, 0.2) is 5.75 Å². The van der Waals surface area contributed by atoms with Crippen molar-refractivity contribution in [1.82, 2.24) is 0 Å². The van der Waals surface area contributed by atoms with E-state index in [9.17, 15) is 4.79 Å². The van der Waals surface area contributed by atoms with E-state index >= 15 is 0 Å². The van der Waals surface area contributed by atoms with Crippen LogP contribution in [-0.4, -0.2) is 6.16 Å². The van der Waals surface area contributed by atoms with Crippen molar-refractivity contribution in [1.29, 1.82) is 0 Å². The van der Waals surface area contributed by atoms with Gasteiger partial charge in [-0.1, -0.05) is 30.3 Å². The quantitative estimate of drug-likeness (QED) is 0.416. The summed E-state index contributed by atoms with van der Waals surface area (Å²) in [6.45, 7) is 3.21. The van der Waals surface area contributed by atoms with Gasteiger partial charge in [-0.05, 0) is 12.1 Å². The molecule has 0 bridgehead atoms. The number of hydrogen-bond acceptors (Lipinski definition) is 3. The van der Waals surface area contributed by atoms with Crippen LogP contribution in [0.15, 0.2) is 37.1 Å². The van der Waals surface area contributed by atoms with Crippen molar-refractivity contribution in [3.8, 4) is 5.75 Å². The number of ether oxygens (including phenoxy) is 2. The topological polar surface area (TPSA) is 35.5 Å². The first-order chi connectivity index (χ1) is 6.24. The van der Waals surface area contributed by atoms with Crippen molar-refractivity contribution >= 4 is 17.8 Å². The highest BCUT2D eigenvalue weighted by atomic mass is 35.5. The van der Waals surface area contributed by atoms with E-state index < -0.39 is 6.16 Å². The minimum Gasteiger partial charge on any atom is -0.403 e. The predicted octanol–water partition coefficient (Wildman–Crippen LogP) is 3.00. The second kappa shape index (κ2) is 4.52. The van der Waals surface area contributed by atoms with Crippen molar-refractivity contribution in [3.05, 3.63) is 42.1 Å². The van der Waals surface area contributed by atoms with Gasteiger partial charge in [0.05, 0.1) is 11.3 Å². The van der Waals surface area contributed by atoms with Gasteiger partial charge in [-0.3, -0.25) is 0 Å². The summed E-state index contributed by atoms with van der Waals surface area (Å²) in [7, 11) is 0. The summed E-state index contributed by atoms with van der Waals surface area (Å²) in [5.41, 5.74) is 0. The van der Waals surface area contributed by atoms with Crippen molar-refractivity contribution in [2.75, 3.05) is 0 Å². The molecule has 0 unspecified atom stereocenters. The second-order valence-electron chi connectivity index (χ2n) is 2.07. The van der Waals surface area contributed by atoms with E-state index in [1.54, 1.807) is 24.3 Å². The average Bonchev–Trinajstić information content (AvgIpc) is 2.09. The number of hydrogen-bond donors (Lipinski definition) is 0. The van der Waals surface area contributed by atoms with Crippen molar-refractivity contribution in [2.45, 2.75) is 0 Å². The molecule has 0 amide bonds. The highest BCUT2D eigenvalue weighted by Crippen LogP contribution is 2.23. The molecular weight excluding hydrogens is 192 g/mol. The number of rotatable bonds is 2. The predicted molar refractivity (Wildman–Crippen MR) is 48.8 cm³/mol. The molecule has 0 saturated carbocycles. The number of carbonyl (C=O) groups is 1. The van der Waals surface area contributed by atoms with Crippen LogP contribution in [-0.2, 0) is 4.74 Å². The first-order valence-electron chi connectivity index (χ1n) is 3.48. The molecule has 4 heteroatoms. The SMILES string of the molecule is C=COC(=O)Oc1ccccc1Cl. The van der Waals surface area contributed by atoms with Gasteiger partial charge in [0.1, 0.15) is 0 Å². The summed E-state index contributed by atoms with van der Waals surface area (Å²) >= 11 is 5.71. The Hall–Kier alpha value is -1.48. The summed E-state index contributed by atoms with van der Waals surface area (Å²) in [5.74, 6) is 0.260. The van der Waals surface area contributed by atoms with Gasteiger partial charge in [-0.15, -0.1) is 0 Å². The lowest BCUT2D eigenvalue weighted by atomic mass is 10.3. The largest absolute Gasteiger partial charge is 0.518 e. The Bertz CT molecular complexity index is 322. The van der Waals surface area contributed by atoms with Crippen LogP contribution >= 0.6 is 11.6 Å². The molecule has 0 N–H and O–H groups in total. The monoisotopic (exact) mass is 198 g/mol. The van der Waals surface area contributed by atoms with Crippen LogP contribution in [0.3, 0.4) is 0 Å². The smallest absolute Gasteiger partial charge is 0.403 e. The van der Waals surface area contributed by atoms with Gasteiger partial charge >= 0.3 is 6.16 Å². The lowest BCUT2D eigenvalue weighted by Gasteiger charge is -2.02. The molecule has 0 aliphatic heterocycles. The van der Waals surface area contributed by atoms with E-state index in [1.165, 1.54) is 0 Å². The molecule has 1 rings (SSSR count). The number of benzene rings is 1. The van der Waals surface area contributed by atoms with Gasteiger partial charge in [-0.25, -0.2) is 4.79 Å². The van der Waals surface area contributed by atoms with Crippen molar-refractivity contribution in [3.63, 3.8) is 0 Å². The fraction of sp³-hybridized carbons (Fsp3) is 0. The summed E-state index contributed by atoms with van der Waals surface area (Å²) < 4.78 is 9.07. The summed E-state index contributed by atoms with van der Waals surface area (Å²) in [6.07, 6.45) is 0.127. The minimum atomic E-state index is -0.858. The van der Waals surface area contributed by atoms with E-state index in [1.807, 2.05) is 0 Å². The molecule has 1 aromatic rings. The number of para-hydroxylation sites is 1. The van der Waals surface area contributed by atoms with Crippen LogP contribution in [0, 0.1) is 0 Å². The molecule has 3 nitrogen and oxygen atoms in total. The number of halogens is 1. The van der Waals surface area contributed by atoms with Crippen LogP contribution < -0.4 is 4.74 Å². The zero-order valence-electron chi connectivity index (χ0n) is 6.70. The highest BCUT2D eigenvalue weighted by molar-refractivity contribution is 6.32. The maximum absolute atomic E-state index is 10.8. The molecule has 0 aliphatic carbocycles. The van der Waals surface area contributed by atoms with E-state index in [2.05, 4.69) is 11.3 Å². The van der Waals surface area contributed by atoms with Crippen LogP contribution in [0.1, 0.15) is 0 Å². The molecule has 68 valence electrons. The van der Waals surface area contributed by atoms with Crippen molar-refractivity contribution in [2.24, 2.45) is 0 Å². The van der Waals surface area contributed by atoms with E-state index in [0.29, 0.717) is 5.02 Å². The molecule has 13 heavy (non-hydrogen) atoms. The second-order valence-corrected chi connectivity index (χ2v) is 2.47. The van der Waals surface area contributed by atoms with Gasteiger partial charge < -0.3 is 9.47 Å². The van der Waals surface area contributed by atoms with E-state index in [-0.39, 0.29) is 5.75 Å². The third-order valence-corrected chi connectivity index (χ3v) is 1.52. The maximum atomic E-state index is 10.8. The summed E-state index contributed by atoms with van der Waals surface area (Å²) in [4.78, 5) is 10.8. The lowest BCUT2D eigenvalue weighted by molar-refractivity contribution is 0.136. The fourth-order valence-corrected chi connectivity index (χ4v) is 0.884. The zero-order chi connectivity index (χ0) is 9.68. The highest BCUT2D eigenvalue weighted by Gasteiger charge is 2.06. The minimum absolute atomic E-state index is 0.260. The normalized spacial score (nSPS) is 9.00. The summed E-state index contributed by atoms with van der Waals surface area (Å²) in [6, 6.07) is 6.60. The van der Waals surface area contributed by atoms with Crippen molar-refractivity contribution < 1.29 is 14.3 Å². The zero-order valence-corrected chi connectivity index (χ0v) is 7.45. The van der Waals surface area contributed by atoms with E-state index in [4.69, 9.17) is 16.3 Å². The lowest BCUT2D eigenvalue weighted by Crippen LogP contribution is -2.06. The molecule has 0 spiro atoms. The molecule has 0 radical (unpaired) electrons. The Balaban J connectivity index is 2.68. The van der Waals surface area contributed by atoms with Crippen LogP contribution in [0.4, 0.5) is 4.79 Å². The van der Waals surface area contributed by atoms with Gasteiger partial charge in [0.2, 0.25) is 0 Å². The van der Waals surface area contributed by atoms with E-state index in [0.717, 1.165) is 6.26 Å². The fourth-order valence-electron chi connectivity index (χ4n) is 0.709. The van der Waals surface area contributed by atoms with Crippen LogP contribution in [0.5, 0.6) is 5.75 Å². The molecule has 0 saturated heterocycles. The van der Waals surface area contributed by atoms with Crippen LogP contribution in [0.25, 0.3) is 0 Å². The Morgan fingerprint density at radius 1 is 1.46 bits per heavy atom. The standard InChI is InChI=1S/C9H7ClO3/c1-2-12-9(11)13-8-6-4-3-5-7(8)10/h2-6H,1H2. The van der Waals surface area contributed by atoms with Gasteiger partial charge in [0, 0.05) is 0 Å². The Morgan fingerprint density at radius 3 is 2.77 bits per heavy atom. The van der Waals surface area contributed by atoms with Gasteiger partial charge in [0.25, 0.3) is 0 Å². The first kappa shape index (κ1) is 9.61. The molecule has 0 aromatic heterocycles. The van der Waals surface area contributed by atoms with Gasteiger partial charge in [-0.2, -0.15) is 0 Å². The molecule has 1 aromatic carbocycles. The molecule has 0 fully saturated rings.